The second-order valence-corrected chi connectivity index (χ2v) is 7.34. The summed E-state index contributed by atoms with van der Waals surface area (Å²) in [7, 11) is 0. The number of hydrogen-bond donors (Lipinski definition) is 1. The van der Waals surface area contributed by atoms with Crippen molar-refractivity contribution >= 4 is 23.4 Å². The van der Waals surface area contributed by atoms with Gasteiger partial charge in [-0.15, -0.1) is 0 Å². The van der Waals surface area contributed by atoms with Gasteiger partial charge in [-0.3, -0.25) is 34.3 Å². The Labute approximate surface area is 161 Å². The molecule has 150 valence electrons. The van der Waals surface area contributed by atoms with E-state index in [9.17, 15) is 24.5 Å². The summed E-state index contributed by atoms with van der Waals surface area (Å²) < 4.78 is 5.33. The number of amides is 3. The SMILES string of the molecule is CC(C)(CNC(=O)CN1C(=O)c2cccc([N+](=O)[O-])c2C1=O)N1CCOCC1. The molecule has 2 aliphatic heterocycles. The molecule has 1 saturated heterocycles. The molecule has 0 radical (unpaired) electrons. The van der Waals surface area contributed by atoms with Crippen LogP contribution >= 0.6 is 0 Å². The first-order chi connectivity index (χ1) is 13.2. The van der Waals surface area contributed by atoms with Crippen LogP contribution in [0.15, 0.2) is 18.2 Å². The monoisotopic (exact) mass is 390 g/mol. The van der Waals surface area contributed by atoms with Crippen LogP contribution in [0.4, 0.5) is 5.69 Å². The highest BCUT2D eigenvalue weighted by atomic mass is 16.6. The maximum absolute atomic E-state index is 12.5. The number of nitrogens with zero attached hydrogens (tertiary/aromatic N) is 3. The van der Waals surface area contributed by atoms with Crippen molar-refractivity contribution in [2.45, 2.75) is 19.4 Å². The van der Waals surface area contributed by atoms with Crippen LogP contribution in [0.25, 0.3) is 0 Å². The second kappa shape index (κ2) is 7.64. The van der Waals surface area contributed by atoms with Gasteiger partial charge in [0.05, 0.1) is 23.7 Å². The minimum Gasteiger partial charge on any atom is -0.379 e. The van der Waals surface area contributed by atoms with Crippen LogP contribution in [0, 0.1) is 10.1 Å². The van der Waals surface area contributed by atoms with Crippen molar-refractivity contribution in [2.75, 3.05) is 39.4 Å². The molecule has 0 unspecified atom stereocenters. The second-order valence-electron chi connectivity index (χ2n) is 7.34. The molecule has 1 aromatic carbocycles. The number of nitrogens with one attached hydrogen (secondary N) is 1. The molecule has 1 N–H and O–H groups in total. The van der Waals surface area contributed by atoms with Crippen LogP contribution in [0.2, 0.25) is 0 Å². The molecule has 2 aliphatic rings. The molecule has 0 aliphatic carbocycles. The molecule has 1 aromatic rings. The number of morpholine rings is 1. The minimum atomic E-state index is -0.824. The van der Waals surface area contributed by atoms with Gasteiger partial charge in [-0.2, -0.15) is 0 Å². The topological polar surface area (TPSA) is 122 Å². The molecule has 0 saturated carbocycles. The Morgan fingerprint density at radius 2 is 1.93 bits per heavy atom. The van der Waals surface area contributed by atoms with E-state index in [2.05, 4.69) is 10.2 Å². The Morgan fingerprint density at radius 1 is 1.25 bits per heavy atom. The van der Waals surface area contributed by atoms with Gasteiger partial charge in [0.2, 0.25) is 5.91 Å². The van der Waals surface area contributed by atoms with Crippen molar-refractivity contribution in [3.8, 4) is 0 Å². The van der Waals surface area contributed by atoms with Crippen molar-refractivity contribution in [2.24, 2.45) is 0 Å². The molecule has 10 heteroatoms. The first kappa shape index (κ1) is 19.9. The van der Waals surface area contributed by atoms with E-state index in [0.717, 1.165) is 18.0 Å². The molecule has 0 bridgehead atoms. The van der Waals surface area contributed by atoms with Gasteiger partial charge in [-0.1, -0.05) is 6.07 Å². The number of carbonyl (C=O) groups is 3. The fourth-order valence-electron chi connectivity index (χ4n) is 3.41. The lowest BCUT2D eigenvalue weighted by molar-refractivity contribution is -0.385. The molecule has 1 fully saturated rings. The first-order valence-electron chi connectivity index (χ1n) is 8.95. The smallest absolute Gasteiger partial charge is 0.282 e. The minimum absolute atomic E-state index is 0.0550. The van der Waals surface area contributed by atoms with Crippen LogP contribution in [-0.4, -0.2) is 77.4 Å². The summed E-state index contributed by atoms with van der Waals surface area (Å²) >= 11 is 0. The molecule has 2 heterocycles. The summed E-state index contributed by atoms with van der Waals surface area (Å²) in [6.45, 7) is 6.60. The lowest BCUT2D eigenvalue weighted by atomic mass is 10.0. The molecule has 0 atom stereocenters. The third-order valence-electron chi connectivity index (χ3n) is 5.06. The van der Waals surface area contributed by atoms with E-state index in [4.69, 9.17) is 4.74 Å². The van der Waals surface area contributed by atoms with E-state index in [1.165, 1.54) is 18.2 Å². The number of nitro groups is 1. The highest BCUT2D eigenvalue weighted by molar-refractivity contribution is 6.24. The van der Waals surface area contributed by atoms with Gasteiger partial charge in [0.1, 0.15) is 12.1 Å². The first-order valence-corrected chi connectivity index (χ1v) is 8.95. The number of benzene rings is 1. The van der Waals surface area contributed by atoms with Crippen LogP contribution in [0.3, 0.4) is 0 Å². The highest BCUT2D eigenvalue weighted by Gasteiger charge is 2.41. The number of ether oxygens (including phenoxy) is 1. The summed E-state index contributed by atoms with van der Waals surface area (Å²) in [5.41, 5.74) is -1.08. The van der Waals surface area contributed by atoms with Gasteiger partial charge in [-0.25, -0.2) is 0 Å². The van der Waals surface area contributed by atoms with Crippen molar-refractivity contribution < 1.29 is 24.0 Å². The van der Waals surface area contributed by atoms with Crippen LogP contribution in [0.5, 0.6) is 0 Å². The van der Waals surface area contributed by atoms with E-state index in [0.29, 0.717) is 19.8 Å². The van der Waals surface area contributed by atoms with E-state index in [1.807, 2.05) is 13.8 Å². The maximum atomic E-state index is 12.5. The Bertz CT molecular complexity index is 831. The fourth-order valence-corrected chi connectivity index (χ4v) is 3.41. The normalized spacial score (nSPS) is 17.6. The maximum Gasteiger partial charge on any atom is 0.282 e. The molecule has 0 aromatic heterocycles. The van der Waals surface area contributed by atoms with Crippen molar-refractivity contribution in [3.63, 3.8) is 0 Å². The number of carbonyl (C=O) groups excluding carboxylic acids is 3. The third kappa shape index (κ3) is 3.73. The summed E-state index contributed by atoms with van der Waals surface area (Å²) in [4.78, 5) is 50.7. The molecule has 3 rings (SSSR count). The van der Waals surface area contributed by atoms with Gasteiger partial charge < -0.3 is 10.1 Å². The summed E-state index contributed by atoms with van der Waals surface area (Å²) in [5, 5.41) is 13.9. The zero-order valence-electron chi connectivity index (χ0n) is 15.8. The third-order valence-corrected chi connectivity index (χ3v) is 5.06. The largest absolute Gasteiger partial charge is 0.379 e. The molecule has 3 amide bonds. The molecular weight excluding hydrogens is 368 g/mol. The standard InChI is InChI=1S/C18H22N4O6/c1-18(2,20-6-8-28-9-7-20)11-19-14(23)10-21-16(24)12-4-3-5-13(22(26)27)15(12)17(21)25/h3-5H,6-11H2,1-2H3,(H,19,23). The van der Waals surface area contributed by atoms with Gasteiger partial charge in [-0.05, 0) is 19.9 Å². The number of hydrogen-bond acceptors (Lipinski definition) is 7. The highest BCUT2D eigenvalue weighted by Crippen LogP contribution is 2.30. The lowest BCUT2D eigenvalue weighted by Crippen LogP contribution is -2.56. The average Bonchev–Trinajstić information content (AvgIpc) is 2.92. The zero-order chi connectivity index (χ0) is 20.5. The van der Waals surface area contributed by atoms with Crippen LogP contribution in [0.1, 0.15) is 34.6 Å². The summed E-state index contributed by atoms with van der Waals surface area (Å²) in [6.07, 6.45) is 0. The Kier molecular flexibility index (Phi) is 5.43. The zero-order valence-corrected chi connectivity index (χ0v) is 15.8. The van der Waals surface area contributed by atoms with Crippen LogP contribution < -0.4 is 5.32 Å². The Hall–Kier alpha value is -2.85. The molecule has 10 nitrogen and oxygen atoms in total. The average molecular weight is 390 g/mol. The van der Waals surface area contributed by atoms with Crippen LogP contribution in [-0.2, 0) is 9.53 Å². The Balaban J connectivity index is 1.65. The molecule has 28 heavy (non-hydrogen) atoms. The van der Waals surface area contributed by atoms with Gasteiger partial charge >= 0.3 is 0 Å². The fraction of sp³-hybridized carbons (Fsp3) is 0.500. The van der Waals surface area contributed by atoms with E-state index < -0.39 is 34.9 Å². The van der Waals surface area contributed by atoms with Gasteiger partial charge in [0, 0.05) is 31.2 Å². The molecular formula is C18H22N4O6. The summed E-state index contributed by atoms with van der Waals surface area (Å²) in [6, 6.07) is 3.86. The molecule has 0 spiro atoms. The van der Waals surface area contributed by atoms with E-state index >= 15 is 0 Å². The van der Waals surface area contributed by atoms with E-state index in [1.54, 1.807) is 0 Å². The quantitative estimate of drug-likeness (QED) is 0.424. The summed E-state index contributed by atoms with van der Waals surface area (Å²) in [5.74, 6) is -2.03. The lowest BCUT2D eigenvalue weighted by Gasteiger charge is -2.40. The number of rotatable bonds is 6. The number of imide groups is 1. The van der Waals surface area contributed by atoms with Crippen molar-refractivity contribution in [1.29, 1.82) is 0 Å². The Morgan fingerprint density at radius 3 is 2.57 bits per heavy atom. The predicted molar refractivity (Wildman–Crippen MR) is 97.9 cm³/mol. The number of nitro benzene ring substituents is 1. The van der Waals surface area contributed by atoms with Gasteiger partial charge in [0.15, 0.2) is 0 Å². The number of fused-ring (bicyclic) bond motifs is 1. The predicted octanol–water partition coefficient (Wildman–Crippen LogP) is 0.418. The van der Waals surface area contributed by atoms with Gasteiger partial charge in [0.25, 0.3) is 17.5 Å². The van der Waals surface area contributed by atoms with Crippen molar-refractivity contribution in [1.82, 2.24) is 15.1 Å². The van der Waals surface area contributed by atoms with Crippen molar-refractivity contribution in [3.05, 3.63) is 39.4 Å². The van der Waals surface area contributed by atoms with E-state index in [-0.39, 0.29) is 16.7 Å².